The van der Waals surface area contributed by atoms with Gasteiger partial charge in [0.2, 0.25) is 0 Å². The van der Waals surface area contributed by atoms with E-state index in [4.69, 9.17) is 4.89 Å². The maximum Gasteiger partial charge on any atom is 0.505 e. The molecule has 0 bridgehead atoms. The van der Waals surface area contributed by atoms with Crippen molar-refractivity contribution in [1.82, 2.24) is 0 Å². The minimum atomic E-state index is -1.92. The largest absolute Gasteiger partial charge is 0.505 e. The van der Waals surface area contributed by atoms with Crippen molar-refractivity contribution in [2.24, 2.45) is 5.92 Å². The van der Waals surface area contributed by atoms with E-state index in [-0.39, 0.29) is 0 Å². The molecule has 0 aliphatic carbocycles. The standard InChI is InChI=1S/C9H19O2P/c1-3-5-6-7-9(4-2)8-12(10)11/h9H,3-8H2,1-2H3/p+1. The topological polar surface area (TPSA) is 37.3 Å². The van der Waals surface area contributed by atoms with Gasteiger partial charge in [0.05, 0.1) is 0 Å². The van der Waals surface area contributed by atoms with Crippen LogP contribution in [0.1, 0.15) is 46.0 Å². The molecule has 2 unspecified atom stereocenters. The Morgan fingerprint density at radius 1 is 1.33 bits per heavy atom. The molecule has 0 aliphatic heterocycles. The summed E-state index contributed by atoms with van der Waals surface area (Å²) in [5.41, 5.74) is 0. The predicted molar refractivity (Wildman–Crippen MR) is 52.6 cm³/mol. The lowest BCUT2D eigenvalue weighted by Gasteiger charge is -2.06. The van der Waals surface area contributed by atoms with Gasteiger partial charge in [-0.3, -0.25) is 0 Å². The smallest absolute Gasteiger partial charge is 0.161 e. The zero-order valence-corrected chi connectivity index (χ0v) is 9.02. The summed E-state index contributed by atoms with van der Waals surface area (Å²) >= 11 is 0. The quantitative estimate of drug-likeness (QED) is 0.495. The maximum absolute atomic E-state index is 10.5. The van der Waals surface area contributed by atoms with Crippen molar-refractivity contribution < 1.29 is 9.46 Å². The lowest BCUT2D eigenvalue weighted by Crippen LogP contribution is -2.01. The van der Waals surface area contributed by atoms with Crippen LogP contribution in [0.15, 0.2) is 0 Å². The van der Waals surface area contributed by atoms with Gasteiger partial charge in [0.1, 0.15) is 0 Å². The van der Waals surface area contributed by atoms with Crippen molar-refractivity contribution in [3.63, 3.8) is 0 Å². The highest BCUT2D eigenvalue weighted by molar-refractivity contribution is 7.38. The summed E-state index contributed by atoms with van der Waals surface area (Å²) in [4.78, 5) is 8.72. The van der Waals surface area contributed by atoms with E-state index in [9.17, 15) is 4.57 Å². The third-order valence-electron chi connectivity index (χ3n) is 2.21. The fourth-order valence-electron chi connectivity index (χ4n) is 1.33. The fourth-order valence-corrected chi connectivity index (χ4v) is 2.21. The first-order valence-corrected chi connectivity index (χ1v) is 6.24. The molecule has 0 spiro atoms. The first-order chi connectivity index (χ1) is 5.70. The van der Waals surface area contributed by atoms with E-state index >= 15 is 0 Å². The minimum absolute atomic E-state index is 0.463. The van der Waals surface area contributed by atoms with Crippen LogP contribution < -0.4 is 0 Å². The zero-order chi connectivity index (χ0) is 9.40. The molecule has 3 heteroatoms. The van der Waals surface area contributed by atoms with Crippen LogP contribution in [-0.4, -0.2) is 11.1 Å². The molecule has 0 aromatic heterocycles. The van der Waals surface area contributed by atoms with Crippen LogP contribution in [0.2, 0.25) is 0 Å². The number of unbranched alkanes of at least 4 members (excludes halogenated alkanes) is 2. The molecule has 1 N–H and O–H groups in total. The Bertz CT molecular complexity index is 126. The molecule has 0 aromatic carbocycles. The van der Waals surface area contributed by atoms with Crippen molar-refractivity contribution in [2.45, 2.75) is 46.0 Å². The molecule has 0 aliphatic rings. The Morgan fingerprint density at radius 3 is 2.42 bits per heavy atom. The first kappa shape index (κ1) is 12.1. The van der Waals surface area contributed by atoms with Crippen LogP contribution in [0.5, 0.6) is 0 Å². The van der Waals surface area contributed by atoms with Gasteiger partial charge in [0.25, 0.3) is 0 Å². The predicted octanol–water partition coefficient (Wildman–Crippen LogP) is 3.33. The molecular weight excluding hydrogens is 171 g/mol. The number of hydrogen-bond acceptors (Lipinski definition) is 1. The lowest BCUT2D eigenvalue weighted by atomic mass is 10.0. The van der Waals surface area contributed by atoms with Crippen LogP contribution >= 0.6 is 8.03 Å². The summed E-state index contributed by atoms with van der Waals surface area (Å²) in [7, 11) is -1.92. The molecule has 0 amide bonds. The zero-order valence-electron chi connectivity index (χ0n) is 8.12. The maximum atomic E-state index is 10.5. The highest BCUT2D eigenvalue weighted by Gasteiger charge is 2.18. The molecule has 0 saturated heterocycles. The van der Waals surface area contributed by atoms with Crippen LogP contribution in [0.4, 0.5) is 0 Å². The molecule has 0 heterocycles. The van der Waals surface area contributed by atoms with Gasteiger partial charge in [-0.05, 0) is 17.4 Å². The van der Waals surface area contributed by atoms with Crippen molar-refractivity contribution in [3.05, 3.63) is 0 Å². The molecule has 0 saturated carbocycles. The van der Waals surface area contributed by atoms with Crippen molar-refractivity contribution >= 4 is 8.03 Å². The summed E-state index contributed by atoms with van der Waals surface area (Å²) in [6, 6.07) is 0. The molecule has 0 aromatic rings. The van der Waals surface area contributed by atoms with Crippen molar-refractivity contribution in [2.75, 3.05) is 6.16 Å². The van der Waals surface area contributed by atoms with E-state index < -0.39 is 8.03 Å². The molecule has 2 nitrogen and oxygen atoms in total. The summed E-state index contributed by atoms with van der Waals surface area (Å²) in [6.07, 6.45) is 6.32. The molecule has 2 atom stereocenters. The molecule has 12 heavy (non-hydrogen) atoms. The SMILES string of the molecule is CCCCCC(CC)C[P+](=O)O. The van der Waals surface area contributed by atoms with Crippen molar-refractivity contribution in [1.29, 1.82) is 0 Å². The molecular formula is C9H20O2P+. The number of hydrogen-bond donors (Lipinski definition) is 1. The van der Waals surface area contributed by atoms with Gasteiger partial charge in [-0.25, -0.2) is 0 Å². The second-order valence-electron chi connectivity index (χ2n) is 3.30. The van der Waals surface area contributed by atoms with Gasteiger partial charge in [-0.15, -0.1) is 0 Å². The Hall–Kier alpha value is 0.0600. The van der Waals surface area contributed by atoms with Gasteiger partial charge in [-0.2, -0.15) is 4.89 Å². The Labute approximate surface area is 76.2 Å². The van der Waals surface area contributed by atoms with E-state index in [0.717, 1.165) is 12.8 Å². The summed E-state index contributed by atoms with van der Waals surface area (Å²) in [5, 5.41) is 0. The highest BCUT2D eigenvalue weighted by atomic mass is 31.1. The van der Waals surface area contributed by atoms with Crippen LogP contribution in [0.25, 0.3) is 0 Å². The first-order valence-electron chi connectivity index (χ1n) is 4.84. The van der Waals surface area contributed by atoms with E-state index in [1.807, 2.05) is 0 Å². The van der Waals surface area contributed by atoms with E-state index in [1.54, 1.807) is 0 Å². The third kappa shape index (κ3) is 6.75. The fraction of sp³-hybridized carbons (Fsp3) is 1.00. The molecule has 0 fully saturated rings. The average molecular weight is 191 g/mol. The van der Waals surface area contributed by atoms with Gasteiger partial charge < -0.3 is 0 Å². The molecule has 72 valence electrons. The lowest BCUT2D eigenvalue weighted by molar-refractivity contribution is 0.450. The van der Waals surface area contributed by atoms with E-state index in [1.165, 1.54) is 19.3 Å². The van der Waals surface area contributed by atoms with E-state index in [0.29, 0.717) is 12.1 Å². The van der Waals surface area contributed by atoms with Gasteiger partial charge >= 0.3 is 8.03 Å². The van der Waals surface area contributed by atoms with Gasteiger partial charge in [-0.1, -0.05) is 33.1 Å². The second-order valence-corrected chi connectivity index (χ2v) is 4.37. The van der Waals surface area contributed by atoms with Gasteiger partial charge in [0, 0.05) is 5.92 Å². The highest BCUT2D eigenvalue weighted by Crippen LogP contribution is 2.24. The van der Waals surface area contributed by atoms with Crippen LogP contribution in [0, 0.1) is 5.92 Å². The summed E-state index contributed by atoms with van der Waals surface area (Å²) < 4.78 is 10.5. The Kier molecular flexibility index (Phi) is 7.73. The monoisotopic (exact) mass is 191 g/mol. The Morgan fingerprint density at radius 2 is 2.00 bits per heavy atom. The second kappa shape index (κ2) is 7.70. The van der Waals surface area contributed by atoms with Gasteiger partial charge in [0.15, 0.2) is 6.16 Å². The normalized spacial score (nSPS) is 14.4. The Balaban J connectivity index is 3.46. The third-order valence-corrected chi connectivity index (χ3v) is 3.04. The van der Waals surface area contributed by atoms with Crippen LogP contribution in [-0.2, 0) is 4.57 Å². The molecule has 0 rings (SSSR count). The summed E-state index contributed by atoms with van der Waals surface area (Å²) in [5.74, 6) is 0.463. The van der Waals surface area contributed by atoms with E-state index in [2.05, 4.69) is 13.8 Å². The molecule has 0 radical (unpaired) electrons. The van der Waals surface area contributed by atoms with Crippen LogP contribution in [0.3, 0.4) is 0 Å². The minimum Gasteiger partial charge on any atom is -0.161 e. The number of rotatable bonds is 7. The average Bonchev–Trinajstić information content (AvgIpc) is 2.02. The summed E-state index contributed by atoms with van der Waals surface area (Å²) in [6.45, 7) is 4.27. The van der Waals surface area contributed by atoms with Crippen molar-refractivity contribution in [3.8, 4) is 0 Å².